The zero-order valence-corrected chi connectivity index (χ0v) is 20.1. The quantitative estimate of drug-likeness (QED) is 0.577. The van der Waals surface area contributed by atoms with E-state index in [0.717, 1.165) is 41.8 Å². The molecule has 2 amide bonds. The van der Waals surface area contributed by atoms with Gasteiger partial charge in [0.1, 0.15) is 12.6 Å². The molecule has 0 spiro atoms. The molecule has 0 radical (unpaired) electrons. The first-order valence-corrected chi connectivity index (χ1v) is 13.3. The van der Waals surface area contributed by atoms with E-state index in [1.54, 1.807) is 37.3 Å². The number of carbonyl (C=O) groups is 2. The van der Waals surface area contributed by atoms with Gasteiger partial charge in [-0.3, -0.25) is 13.9 Å². The third kappa shape index (κ3) is 7.05. The molecule has 0 saturated heterocycles. The van der Waals surface area contributed by atoms with Crippen molar-refractivity contribution in [3.05, 3.63) is 66.2 Å². The molecule has 1 atom stereocenters. The first-order valence-electron chi connectivity index (χ1n) is 11.4. The predicted octanol–water partition coefficient (Wildman–Crippen LogP) is 2.97. The molecule has 1 aliphatic carbocycles. The van der Waals surface area contributed by atoms with Crippen molar-refractivity contribution in [2.45, 2.75) is 51.1 Å². The summed E-state index contributed by atoms with van der Waals surface area (Å²) < 4.78 is 26.0. The van der Waals surface area contributed by atoms with Crippen LogP contribution in [0.4, 0.5) is 5.69 Å². The van der Waals surface area contributed by atoms with Gasteiger partial charge in [-0.1, -0.05) is 61.4 Å². The Balaban J connectivity index is 1.79. The molecule has 8 heteroatoms. The summed E-state index contributed by atoms with van der Waals surface area (Å²) in [6.45, 7) is 1.66. The van der Waals surface area contributed by atoms with Crippen molar-refractivity contribution in [3.63, 3.8) is 0 Å². The van der Waals surface area contributed by atoms with Gasteiger partial charge in [0.25, 0.3) is 0 Å². The summed E-state index contributed by atoms with van der Waals surface area (Å²) in [4.78, 5) is 27.9. The van der Waals surface area contributed by atoms with Crippen molar-refractivity contribution in [3.8, 4) is 0 Å². The highest BCUT2D eigenvalue weighted by atomic mass is 32.2. The molecule has 0 heterocycles. The smallest absolute Gasteiger partial charge is 0.244 e. The van der Waals surface area contributed by atoms with Crippen LogP contribution in [0.5, 0.6) is 0 Å². The Labute approximate surface area is 196 Å². The second-order valence-electron chi connectivity index (χ2n) is 8.59. The summed E-state index contributed by atoms with van der Waals surface area (Å²) in [6.07, 6.45) is 5.74. The van der Waals surface area contributed by atoms with Crippen molar-refractivity contribution < 1.29 is 18.0 Å². The van der Waals surface area contributed by atoms with Gasteiger partial charge in [-0.25, -0.2) is 8.42 Å². The van der Waals surface area contributed by atoms with Crippen LogP contribution in [0.2, 0.25) is 0 Å². The Hall–Kier alpha value is -2.87. The number of anilines is 1. The number of benzene rings is 2. The maximum atomic E-state index is 13.4. The second-order valence-corrected chi connectivity index (χ2v) is 10.5. The first-order chi connectivity index (χ1) is 15.8. The van der Waals surface area contributed by atoms with Crippen LogP contribution >= 0.6 is 0 Å². The lowest BCUT2D eigenvalue weighted by Crippen LogP contribution is -2.53. The van der Waals surface area contributed by atoms with Crippen molar-refractivity contribution in [2.75, 3.05) is 23.7 Å². The number of amides is 2. The van der Waals surface area contributed by atoms with Crippen LogP contribution in [-0.4, -0.2) is 56.6 Å². The Morgan fingerprint density at radius 1 is 1.00 bits per heavy atom. The molecule has 178 valence electrons. The van der Waals surface area contributed by atoms with Crippen LogP contribution in [-0.2, 0) is 26.0 Å². The highest BCUT2D eigenvalue weighted by molar-refractivity contribution is 7.92. The molecule has 1 fully saturated rings. The molecule has 3 rings (SSSR count). The lowest BCUT2D eigenvalue weighted by molar-refractivity contribution is -0.139. The van der Waals surface area contributed by atoms with Crippen LogP contribution in [0.3, 0.4) is 0 Å². The molecule has 7 nitrogen and oxygen atoms in total. The van der Waals surface area contributed by atoms with Gasteiger partial charge in [0.15, 0.2) is 0 Å². The fraction of sp³-hybridized carbons (Fsp3) is 0.440. The zero-order chi connectivity index (χ0) is 23.8. The maximum absolute atomic E-state index is 13.4. The van der Waals surface area contributed by atoms with E-state index in [-0.39, 0.29) is 18.5 Å². The van der Waals surface area contributed by atoms with Gasteiger partial charge in [-0.2, -0.15) is 0 Å². The fourth-order valence-corrected chi connectivity index (χ4v) is 5.02. The minimum Gasteiger partial charge on any atom is -0.352 e. The number of carbonyl (C=O) groups excluding carboxylic acids is 2. The van der Waals surface area contributed by atoms with E-state index in [4.69, 9.17) is 0 Å². The molecule has 1 saturated carbocycles. The molecule has 1 N–H and O–H groups in total. The number of rotatable bonds is 10. The Bertz CT molecular complexity index is 1020. The van der Waals surface area contributed by atoms with E-state index >= 15 is 0 Å². The maximum Gasteiger partial charge on any atom is 0.244 e. The highest BCUT2D eigenvalue weighted by Gasteiger charge is 2.31. The molecule has 1 aliphatic rings. The minimum atomic E-state index is -3.69. The summed E-state index contributed by atoms with van der Waals surface area (Å²) in [5, 5.41) is 3.06. The van der Waals surface area contributed by atoms with Crippen LogP contribution in [0, 0.1) is 0 Å². The Morgan fingerprint density at radius 3 is 2.15 bits per heavy atom. The summed E-state index contributed by atoms with van der Waals surface area (Å²) in [7, 11) is -3.69. The number of sulfonamides is 1. The van der Waals surface area contributed by atoms with E-state index in [2.05, 4.69) is 5.32 Å². The Morgan fingerprint density at radius 2 is 1.58 bits per heavy atom. The summed E-state index contributed by atoms with van der Waals surface area (Å²) in [5.74, 6) is -0.608. The van der Waals surface area contributed by atoms with Gasteiger partial charge in [-0.15, -0.1) is 0 Å². The molecule has 0 bridgehead atoms. The SMILES string of the molecule is CC(C(=O)NC1CCCC1)N(CCc1ccccc1)C(=O)CN(c1ccccc1)S(C)(=O)=O. The van der Waals surface area contributed by atoms with Gasteiger partial charge >= 0.3 is 0 Å². The third-order valence-corrected chi connectivity index (χ3v) is 7.22. The van der Waals surface area contributed by atoms with E-state index in [9.17, 15) is 18.0 Å². The first kappa shape index (κ1) is 24.8. The molecule has 0 aromatic heterocycles. The number of nitrogens with one attached hydrogen (secondary N) is 1. The van der Waals surface area contributed by atoms with Crippen molar-refractivity contribution in [2.24, 2.45) is 0 Å². The molecule has 0 aliphatic heterocycles. The molecule has 33 heavy (non-hydrogen) atoms. The number of para-hydroxylation sites is 1. The van der Waals surface area contributed by atoms with Gasteiger partial charge in [0, 0.05) is 12.6 Å². The third-order valence-electron chi connectivity index (χ3n) is 6.08. The van der Waals surface area contributed by atoms with E-state index in [0.29, 0.717) is 18.7 Å². The molecule has 2 aromatic rings. The van der Waals surface area contributed by atoms with Crippen LogP contribution in [0.1, 0.15) is 38.2 Å². The molecule has 1 unspecified atom stereocenters. The molecular formula is C25H33N3O4S. The fourth-order valence-electron chi connectivity index (χ4n) is 4.17. The Kier molecular flexibility index (Phi) is 8.49. The largest absolute Gasteiger partial charge is 0.352 e. The van der Waals surface area contributed by atoms with Crippen LogP contribution < -0.4 is 9.62 Å². The average molecular weight is 472 g/mol. The number of hydrogen-bond donors (Lipinski definition) is 1. The van der Waals surface area contributed by atoms with E-state index in [1.807, 2.05) is 30.3 Å². The minimum absolute atomic E-state index is 0.142. The number of hydrogen-bond acceptors (Lipinski definition) is 4. The van der Waals surface area contributed by atoms with E-state index < -0.39 is 22.0 Å². The summed E-state index contributed by atoms with van der Waals surface area (Å²) in [6, 6.07) is 17.7. The summed E-state index contributed by atoms with van der Waals surface area (Å²) >= 11 is 0. The standard InChI is InChI=1S/C25H33N3O4S/c1-20(25(30)26-22-13-9-10-14-22)27(18-17-21-11-5-3-6-12-21)24(29)19-28(33(2,31)32)23-15-7-4-8-16-23/h3-8,11-12,15-16,20,22H,9-10,13-14,17-19H2,1-2H3,(H,26,30). The van der Waals surface area contributed by atoms with Crippen molar-refractivity contribution in [1.82, 2.24) is 10.2 Å². The summed E-state index contributed by atoms with van der Waals surface area (Å²) in [5.41, 5.74) is 1.46. The van der Waals surface area contributed by atoms with Crippen molar-refractivity contribution >= 4 is 27.5 Å². The van der Waals surface area contributed by atoms with E-state index in [1.165, 1.54) is 4.90 Å². The normalized spacial score (nSPS) is 15.1. The predicted molar refractivity (Wildman–Crippen MR) is 130 cm³/mol. The van der Waals surface area contributed by atoms with Gasteiger partial charge in [0.2, 0.25) is 21.8 Å². The van der Waals surface area contributed by atoms with Gasteiger partial charge < -0.3 is 10.2 Å². The lowest BCUT2D eigenvalue weighted by Gasteiger charge is -2.32. The van der Waals surface area contributed by atoms with Gasteiger partial charge in [-0.05, 0) is 43.9 Å². The average Bonchev–Trinajstić information content (AvgIpc) is 3.31. The lowest BCUT2D eigenvalue weighted by atomic mass is 10.1. The molecule has 2 aromatic carbocycles. The second kappa shape index (κ2) is 11.3. The van der Waals surface area contributed by atoms with Gasteiger partial charge in [0.05, 0.1) is 11.9 Å². The topological polar surface area (TPSA) is 86.8 Å². The monoisotopic (exact) mass is 471 g/mol. The molecular weight excluding hydrogens is 438 g/mol. The number of nitrogens with zero attached hydrogens (tertiary/aromatic N) is 2. The van der Waals surface area contributed by atoms with Crippen LogP contribution in [0.15, 0.2) is 60.7 Å². The van der Waals surface area contributed by atoms with Crippen LogP contribution in [0.25, 0.3) is 0 Å². The van der Waals surface area contributed by atoms with Crippen molar-refractivity contribution in [1.29, 1.82) is 0 Å². The highest BCUT2D eigenvalue weighted by Crippen LogP contribution is 2.19. The zero-order valence-electron chi connectivity index (χ0n) is 19.3.